The molecule has 1 heterocycles. The molecule has 2 aromatic rings. The molecule has 0 radical (unpaired) electrons. The highest BCUT2D eigenvalue weighted by Gasteiger charge is 2.40. The number of likely N-dealkylation sites (tertiary alicyclic amines) is 1. The number of ether oxygens (including phenoxy) is 2. The number of aliphatic hydroxyl groups is 1. The SMILES string of the molecule is CC(C)(C)OC(=O)CNC(=O)C(O)[C@@H]1CCCN1C(=O)[C@H](Cc1ccccc1)NC(=O)OCc1ccccc1. The third-order valence-corrected chi connectivity index (χ3v) is 6.13. The second-order valence-electron chi connectivity index (χ2n) is 10.4. The number of hydrogen-bond acceptors (Lipinski definition) is 7. The minimum atomic E-state index is -1.55. The maximum atomic E-state index is 13.7. The fraction of sp³-hybridized carbons (Fsp3) is 0.448. The van der Waals surface area contributed by atoms with Crippen LogP contribution in [0.25, 0.3) is 0 Å². The first-order valence-corrected chi connectivity index (χ1v) is 13.0. The van der Waals surface area contributed by atoms with Crippen molar-refractivity contribution in [3.63, 3.8) is 0 Å². The first kappa shape index (κ1) is 29.6. The average Bonchev–Trinajstić information content (AvgIpc) is 3.39. The summed E-state index contributed by atoms with van der Waals surface area (Å²) in [7, 11) is 0. The smallest absolute Gasteiger partial charge is 0.408 e. The predicted octanol–water partition coefficient (Wildman–Crippen LogP) is 2.33. The van der Waals surface area contributed by atoms with Crippen LogP contribution in [0.5, 0.6) is 0 Å². The first-order valence-electron chi connectivity index (χ1n) is 13.0. The number of nitrogens with one attached hydrogen (secondary N) is 2. The monoisotopic (exact) mass is 539 g/mol. The van der Waals surface area contributed by atoms with E-state index in [1.807, 2.05) is 60.7 Å². The Morgan fingerprint density at radius 1 is 1.00 bits per heavy atom. The molecule has 1 fully saturated rings. The van der Waals surface area contributed by atoms with Crippen LogP contribution in [-0.2, 0) is 36.9 Å². The zero-order valence-corrected chi connectivity index (χ0v) is 22.6. The Hall–Kier alpha value is -3.92. The van der Waals surface area contributed by atoms with Gasteiger partial charge in [0.05, 0.1) is 6.04 Å². The van der Waals surface area contributed by atoms with E-state index in [9.17, 15) is 24.3 Å². The molecule has 0 bridgehead atoms. The molecule has 1 aliphatic heterocycles. The fourth-order valence-corrected chi connectivity index (χ4v) is 4.37. The van der Waals surface area contributed by atoms with Crippen LogP contribution in [0.3, 0.4) is 0 Å². The van der Waals surface area contributed by atoms with E-state index in [0.717, 1.165) is 11.1 Å². The number of amides is 3. The normalized spacial score (nSPS) is 16.6. The number of carbonyl (C=O) groups is 4. The van der Waals surface area contributed by atoms with Gasteiger partial charge in [-0.2, -0.15) is 0 Å². The van der Waals surface area contributed by atoms with Crippen LogP contribution < -0.4 is 10.6 Å². The Balaban J connectivity index is 1.66. The van der Waals surface area contributed by atoms with Crippen LogP contribution in [0, 0.1) is 0 Å². The third kappa shape index (κ3) is 9.40. The quantitative estimate of drug-likeness (QED) is 0.395. The van der Waals surface area contributed by atoms with Crippen molar-refractivity contribution in [1.29, 1.82) is 0 Å². The van der Waals surface area contributed by atoms with Crippen LogP contribution in [0.4, 0.5) is 4.79 Å². The van der Waals surface area contributed by atoms with E-state index in [2.05, 4.69) is 10.6 Å². The number of carbonyl (C=O) groups excluding carboxylic acids is 4. The van der Waals surface area contributed by atoms with Crippen molar-refractivity contribution in [2.75, 3.05) is 13.1 Å². The van der Waals surface area contributed by atoms with Crippen molar-refractivity contribution in [2.45, 2.75) is 70.4 Å². The lowest BCUT2D eigenvalue weighted by atomic mass is 10.0. The van der Waals surface area contributed by atoms with Gasteiger partial charge in [0.15, 0.2) is 6.10 Å². The Morgan fingerprint density at radius 3 is 2.23 bits per heavy atom. The lowest BCUT2D eigenvalue weighted by Gasteiger charge is -2.31. The highest BCUT2D eigenvalue weighted by molar-refractivity contribution is 5.89. The van der Waals surface area contributed by atoms with Gasteiger partial charge >= 0.3 is 12.1 Å². The summed E-state index contributed by atoms with van der Waals surface area (Å²) < 4.78 is 10.5. The zero-order chi connectivity index (χ0) is 28.4. The van der Waals surface area contributed by atoms with Gasteiger partial charge in [-0.1, -0.05) is 60.7 Å². The molecule has 210 valence electrons. The van der Waals surface area contributed by atoms with Gasteiger partial charge < -0.3 is 30.1 Å². The van der Waals surface area contributed by atoms with Gasteiger partial charge in [0.2, 0.25) is 5.91 Å². The van der Waals surface area contributed by atoms with Gasteiger partial charge in [-0.25, -0.2) is 4.79 Å². The second-order valence-corrected chi connectivity index (χ2v) is 10.4. The van der Waals surface area contributed by atoms with Crippen LogP contribution in [0.1, 0.15) is 44.7 Å². The van der Waals surface area contributed by atoms with Crippen molar-refractivity contribution < 1.29 is 33.8 Å². The molecule has 3 rings (SSSR count). The molecule has 10 heteroatoms. The van der Waals surface area contributed by atoms with E-state index in [0.29, 0.717) is 19.4 Å². The molecule has 0 aliphatic carbocycles. The summed E-state index contributed by atoms with van der Waals surface area (Å²) in [5.41, 5.74) is 0.919. The van der Waals surface area contributed by atoms with E-state index in [1.165, 1.54) is 4.90 Å². The molecule has 2 aromatic carbocycles. The number of esters is 1. The summed E-state index contributed by atoms with van der Waals surface area (Å²) >= 11 is 0. The molecule has 10 nitrogen and oxygen atoms in total. The summed E-state index contributed by atoms with van der Waals surface area (Å²) in [6, 6.07) is 16.6. The molecule has 39 heavy (non-hydrogen) atoms. The number of benzene rings is 2. The topological polar surface area (TPSA) is 134 Å². The average molecular weight is 540 g/mol. The van der Waals surface area contributed by atoms with Crippen LogP contribution in [-0.4, -0.2) is 70.8 Å². The van der Waals surface area contributed by atoms with Crippen molar-refractivity contribution in [3.05, 3.63) is 71.8 Å². The lowest BCUT2D eigenvalue weighted by Crippen LogP contribution is -2.56. The summed E-state index contributed by atoms with van der Waals surface area (Å²) in [6.45, 7) is 5.08. The van der Waals surface area contributed by atoms with Gasteiger partial charge in [0.25, 0.3) is 5.91 Å². The van der Waals surface area contributed by atoms with Crippen molar-refractivity contribution in [1.82, 2.24) is 15.5 Å². The molecule has 3 amide bonds. The van der Waals surface area contributed by atoms with Gasteiger partial charge in [0, 0.05) is 13.0 Å². The van der Waals surface area contributed by atoms with Gasteiger partial charge in [0.1, 0.15) is 24.8 Å². The Kier molecular flexibility index (Phi) is 10.4. The zero-order valence-electron chi connectivity index (χ0n) is 22.6. The van der Waals surface area contributed by atoms with Crippen molar-refractivity contribution in [2.24, 2.45) is 0 Å². The summed E-state index contributed by atoms with van der Waals surface area (Å²) in [6.07, 6.45) is -1.14. The number of rotatable bonds is 10. The third-order valence-electron chi connectivity index (χ3n) is 6.13. The highest BCUT2D eigenvalue weighted by Crippen LogP contribution is 2.22. The summed E-state index contributed by atoms with van der Waals surface area (Å²) in [4.78, 5) is 52.3. The Labute approximate surface area is 228 Å². The molecule has 0 saturated carbocycles. The highest BCUT2D eigenvalue weighted by atomic mass is 16.6. The standard InChI is InChI=1S/C29H37N3O7/c1-29(2,3)39-24(33)18-30-26(35)25(34)23-15-10-16-32(23)27(36)22(17-20-11-6-4-7-12-20)31-28(37)38-19-21-13-8-5-9-14-21/h4-9,11-14,22-23,25,34H,10,15-19H2,1-3H3,(H,30,35)(H,31,37)/t22-,23-,25?/m0/s1. The van der Waals surface area contributed by atoms with Gasteiger partial charge in [-0.05, 0) is 44.7 Å². The molecule has 3 N–H and O–H groups in total. The van der Waals surface area contributed by atoms with E-state index >= 15 is 0 Å². The maximum absolute atomic E-state index is 13.7. The van der Waals surface area contributed by atoms with Crippen molar-refractivity contribution >= 4 is 23.9 Å². The Morgan fingerprint density at radius 2 is 1.62 bits per heavy atom. The van der Waals surface area contributed by atoms with E-state index in [4.69, 9.17) is 9.47 Å². The molecule has 0 spiro atoms. The van der Waals surface area contributed by atoms with Gasteiger partial charge in [-0.15, -0.1) is 0 Å². The largest absolute Gasteiger partial charge is 0.459 e. The number of alkyl carbamates (subject to hydrolysis) is 1. The van der Waals surface area contributed by atoms with Gasteiger partial charge in [-0.3, -0.25) is 14.4 Å². The second kappa shape index (κ2) is 13.7. The molecule has 1 saturated heterocycles. The molecule has 1 aliphatic rings. The molecular weight excluding hydrogens is 502 g/mol. The van der Waals surface area contributed by atoms with Crippen LogP contribution in [0.15, 0.2) is 60.7 Å². The van der Waals surface area contributed by atoms with E-state index < -0.39 is 54.2 Å². The predicted molar refractivity (Wildman–Crippen MR) is 143 cm³/mol. The summed E-state index contributed by atoms with van der Waals surface area (Å²) in [5, 5.41) is 15.8. The molecule has 1 unspecified atom stereocenters. The van der Waals surface area contributed by atoms with E-state index in [1.54, 1.807) is 20.8 Å². The summed E-state index contributed by atoms with van der Waals surface area (Å²) in [5.74, 6) is -1.85. The lowest BCUT2D eigenvalue weighted by molar-refractivity contribution is -0.155. The minimum absolute atomic E-state index is 0.0434. The Bertz CT molecular complexity index is 1120. The number of hydrogen-bond donors (Lipinski definition) is 3. The minimum Gasteiger partial charge on any atom is -0.459 e. The first-order chi connectivity index (χ1) is 18.5. The fourth-order valence-electron chi connectivity index (χ4n) is 4.37. The van der Waals surface area contributed by atoms with Crippen LogP contribution >= 0.6 is 0 Å². The molecule has 0 aromatic heterocycles. The number of aliphatic hydroxyl groups excluding tert-OH is 1. The maximum Gasteiger partial charge on any atom is 0.408 e. The number of nitrogens with zero attached hydrogens (tertiary/aromatic N) is 1. The molecular formula is C29H37N3O7. The van der Waals surface area contributed by atoms with Crippen molar-refractivity contribution in [3.8, 4) is 0 Å². The van der Waals surface area contributed by atoms with Crippen LogP contribution in [0.2, 0.25) is 0 Å². The molecule has 3 atom stereocenters. The van der Waals surface area contributed by atoms with E-state index in [-0.39, 0.29) is 13.0 Å².